The zero-order valence-corrected chi connectivity index (χ0v) is 14.9. The molecule has 0 radical (unpaired) electrons. The summed E-state index contributed by atoms with van der Waals surface area (Å²) in [5.41, 5.74) is 2.25. The van der Waals surface area contributed by atoms with Crippen LogP contribution in [0.5, 0.6) is 11.5 Å². The highest BCUT2D eigenvalue weighted by atomic mass is 32.1. The standard InChI is InChI=1S/C22H16O3S/c1-25-17-11-12-18-19(13-17)26-22(15-5-3-2-4-6-15)20(18)21(24)14-7-9-16(23)10-8-14/h2-13,23H,1H3. The Balaban J connectivity index is 1.96. The van der Waals surface area contributed by atoms with Gasteiger partial charge in [0.25, 0.3) is 0 Å². The molecule has 0 unspecified atom stereocenters. The van der Waals surface area contributed by atoms with Crippen molar-refractivity contribution in [2.24, 2.45) is 0 Å². The van der Waals surface area contributed by atoms with Crippen LogP contribution in [0.1, 0.15) is 15.9 Å². The summed E-state index contributed by atoms with van der Waals surface area (Å²) in [6, 6.07) is 22.1. The third-order valence-corrected chi connectivity index (χ3v) is 5.49. The average molecular weight is 360 g/mol. The van der Waals surface area contributed by atoms with Crippen molar-refractivity contribution in [1.82, 2.24) is 0 Å². The molecule has 0 bridgehead atoms. The number of ketones is 1. The molecule has 0 fully saturated rings. The first-order valence-corrected chi connectivity index (χ1v) is 8.98. The minimum absolute atomic E-state index is 0.0553. The first-order valence-electron chi connectivity index (χ1n) is 8.17. The van der Waals surface area contributed by atoms with Crippen molar-refractivity contribution in [3.8, 4) is 21.9 Å². The van der Waals surface area contributed by atoms with Crippen LogP contribution in [0.25, 0.3) is 20.5 Å². The number of phenols is 1. The van der Waals surface area contributed by atoms with Crippen molar-refractivity contribution in [2.45, 2.75) is 0 Å². The van der Waals surface area contributed by atoms with Crippen LogP contribution in [0.2, 0.25) is 0 Å². The van der Waals surface area contributed by atoms with Gasteiger partial charge in [0.15, 0.2) is 5.78 Å². The number of rotatable bonds is 4. The zero-order valence-electron chi connectivity index (χ0n) is 14.1. The van der Waals surface area contributed by atoms with Crippen LogP contribution >= 0.6 is 11.3 Å². The monoisotopic (exact) mass is 360 g/mol. The smallest absolute Gasteiger partial charge is 0.195 e. The topological polar surface area (TPSA) is 46.5 Å². The van der Waals surface area contributed by atoms with Crippen molar-refractivity contribution in [2.75, 3.05) is 7.11 Å². The van der Waals surface area contributed by atoms with Crippen LogP contribution in [0, 0.1) is 0 Å². The Morgan fingerprint density at radius 2 is 1.69 bits per heavy atom. The number of fused-ring (bicyclic) bond motifs is 1. The summed E-state index contributed by atoms with van der Waals surface area (Å²) in [7, 11) is 1.63. The fraction of sp³-hybridized carbons (Fsp3) is 0.0455. The number of carbonyl (C=O) groups is 1. The van der Waals surface area contributed by atoms with E-state index in [2.05, 4.69) is 0 Å². The molecule has 0 saturated heterocycles. The quantitative estimate of drug-likeness (QED) is 0.488. The SMILES string of the molecule is COc1ccc2c(C(=O)c3ccc(O)cc3)c(-c3ccccc3)sc2c1. The Kier molecular flexibility index (Phi) is 4.19. The fourth-order valence-corrected chi connectivity index (χ4v) is 4.21. The molecule has 0 amide bonds. The molecule has 0 atom stereocenters. The van der Waals surface area contributed by atoms with E-state index in [9.17, 15) is 9.90 Å². The van der Waals surface area contributed by atoms with E-state index in [1.807, 2.05) is 48.5 Å². The summed E-state index contributed by atoms with van der Waals surface area (Å²) in [5.74, 6) is 0.854. The third-order valence-electron chi connectivity index (χ3n) is 4.29. The van der Waals surface area contributed by atoms with Gasteiger partial charge >= 0.3 is 0 Å². The van der Waals surface area contributed by atoms with E-state index >= 15 is 0 Å². The van der Waals surface area contributed by atoms with Gasteiger partial charge in [0.2, 0.25) is 0 Å². The Morgan fingerprint density at radius 1 is 0.962 bits per heavy atom. The van der Waals surface area contributed by atoms with Crippen molar-refractivity contribution >= 4 is 27.2 Å². The Labute approximate surface area is 155 Å². The molecule has 0 aliphatic heterocycles. The largest absolute Gasteiger partial charge is 0.508 e. The van der Waals surface area contributed by atoms with Crippen molar-refractivity contribution in [3.05, 3.63) is 83.9 Å². The maximum absolute atomic E-state index is 13.3. The minimum Gasteiger partial charge on any atom is -0.508 e. The Morgan fingerprint density at radius 3 is 2.38 bits per heavy atom. The van der Waals surface area contributed by atoms with Crippen LogP contribution in [0.3, 0.4) is 0 Å². The molecule has 3 nitrogen and oxygen atoms in total. The lowest BCUT2D eigenvalue weighted by molar-refractivity contribution is 0.104. The number of methoxy groups -OCH3 is 1. The van der Waals surface area contributed by atoms with Crippen molar-refractivity contribution in [3.63, 3.8) is 0 Å². The molecule has 0 aliphatic rings. The second-order valence-electron chi connectivity index (χ2n) is 5.91. The molecule has 0 saturated carbocycles. The van der Waals surface area contributed by atoms with Crippen molar-refractivity contribution < 1.29 is 14.6 Å². The molecule has 0 aliphatic carbocycles. The van der Waals surface area contributed by atoms with Gasteiger partial charge in [-0.3, -0.25) is 4.79 Å². The predicted octanol–water partition coefficient (Wildman–Crippen LogP) is 5.51. The minimum atomic E-state index is -0.0553. The summed E-state index contributed by atoms with van der Waals surface area (Å²) in [6.45, 7) is 0. The van der Waals surface area contributed by atoms with Gasteiger partial charge < -0.3 is 9.84 Å². The van der Waals surface area contributed by atoms with Crippen LogP contribution < -0.4 is 4.74 Å². The van der Waals surface area contributed by atoms with E-state index in [4.69, 9.17) is 4.74 Å². The molecule has 4 rings (SSSR count). The summed E-state index contributed by atoms with van der Waals surface area (Å²) < 4.78 is 6.33. The second kappa shape index (κ2) is 6.65. The van der Waals surface area contributed by atoms with E-state index in [-0.39, 0.29) is 11.5 Å². The molecule has 26 heavy (non-hydrogen) atoms. The highest BCUT2D eigenvalue weighted by Crippen LogP contribution is 2.41. The summed E-state index contributed by atoms with van der Waals surface area (Å²) in [6.07, 6.45) is 0. The number of aromatic hydroxyl groups is 1. The Bertz CT molecular complexity index is 1080. The zero-order chi connectivity index (χ0) is 18.1. The molecule has 1 heterocycles. The number of hydrogen-bond acceptors (Lipinski definition) is 4. The number of phenolic OH excluding ortho intramolecular Hbond substituents is 1. The molecule has 0 spiro atoms. The molecular weight excluding hydrogens is 344 g/mol. The second-order valence-corrected chi connectivity index (χ2v) is 6.96. The maximum Gasteiger partial charge on any atom is 0.195 e. The number of hydrogen-bond donors (Lipinski definition) is 1. The lowest BCUT2D eigenvalue weighted by Crippen LogP contribution is -2.01. The average Bonchev–Trinajstić information content (AvgIpc) is 3.07. The first kappa shape index (κ1) is 16.4. The van der Waals surface area contributed by atoms with E-state index < -0.39 is 0 Å². The fourth-order valence-electron chi connectivity index (χ4n) is 2.98. The normalized spacial score (nSPS) is 10.8. The summed E-state index contributed by atoms with van der Waals surface area (Å²) >= 11 is 1.58. The van der Waals surface area contributed by atoms with Gasteiger partial charge in [-0.15, -0.1) is 11.3 Å². The highest BCUT2D eigenvalue weighted by Gasteiger charge is 2.21. The lowest BCUT2D eigenvalue weighted by Gasteiger charge is -2.05. The predicted molar refractivity (Wildman–Crippen MR) is 105 cm³/mol. The number of benzene rings is 3. The maximum atomic E-state index is 13.3. The van der Waals surface area contributed by atoms with Crippen LogP contribution in [0.15, 0.2) is 72.8 Å². The van der Waals surface area contributed by atoms with E-state index in [0.717, 1.165) is 26.3 Å². The van der Waals surface area contributed by atoms with Gasteiger partial charge in [-0.1, -0.05) is 30.3 Å². The van der Waals surface area contributed by atoms with Gasteiger partial charge in [0.05, 0.1) is 7.11 Å². The molecule has 1 aromatic heterocycles. The van der Waals surface area contributed by atoms with Gasteiger partial charge in [0.1, 0.15) is 11.5 Å². The molecule has 1 N–H and O–H groups in total. The van der Waals surface area contributed by atoms with Gasteiger partial charge in [-0.05, 0) is 48.0 Å². The van der Waals surface area contributed by atoms with Gasteiger partial charge in [0, 0.05) is 26.1 Å². The molecule has 3 aromatic carbocycles. The van der Waals surface area contributed by atoms with E-state index in [1.165, 1.54) is 12.1 Å². The molecule has 4 aromatic rings. The van der Waals surface area contributed by atoms with Crippen LogP contribution in [0.4, 0.5) is 0 Å². The number of ether oxygens (including phenoxy) is 1. The van der Waals surface area contributed by atoms with Crippen LogP contribution in [-0.4, -0.2) is 18.0 Å². The number of carbonyl (C=O) groups excluding carboxylic acids is 1. The van der Waals surface area contributed by atoms with Crippen LogP contribution in [-0.2, 0) is 0 Å². The highest BCUT2D eigenvalue weighted by molar-refractivity contribution is 7.22. The summed E-state index contributed by atoms with van der Waals surface area (Å²) in [5, 5.41) is 10.4. The van der Waals surface area contributed by atoms with Gasteiger partial charge in [-0.25, -0.2) is 0 Å². The lowest BCUT2D eigenvalue weighted by atomic mass is 9.97. The van der Waals surface area contributed by atoms with E-state index in [1.54, 1.807) is 30.6 Å². The molecule has 128 valence electrons. The van der Waals surface area contributed by atoms with Gasteiger partial charge in [-0.2, -0.15) is 0 Å². The molecular formula is C22H16O3S. The molecule has 4 heteroatoms. The first-order chi connectivity index (χ1) is 12.7. The third kappa shape index (κ3) is 2.85. The Hall–Kier alpha value is -3.11. The van der Waals surface area contributed by atoms with E-state index in [0.29, 0.717) is 11.1 Å². The summed E-state index contributed by atoms with van der Waals surface area (Å²) in [4.78, 5) is 14.2. The number of thiophene rings is 1. The van der Waals surface area contributed by atoms with Crippen molar-refractivity contribution in [1.29, 1.82) is 0 Å².